The van der Waals surface area contributed by atoms with Crippen molar-refractivity contribution < 1.29 is 13.9 Å². The molecular weight excluding hydrogens is 235 g/mol. The van der Waals surface area contributed by atoms with Crippen LogP contribution in [-0.2, 0) is 4.79 Å². The first-order valence-electron chi connectivity index (χ1n) is 5.95. The largest absolute Gasteiger partial charge is 0.494 e. The van der Waals surface area contributed by atoms with Gasteiger partial charge in [-0.05, 0) is 17.7 Å². The smallest absolute Gasteiger partial charge is 0.220 e. The first kappa shape index (κ1) is 12.8. The molecule has 1 aliphatic rings. The lowest BCUT2D eigenvalue weighted by atomic mass is 10.0. The van der Waals surface area contributed by atoms with E-state index in [2.05, 4.69) is 5.32 Å². The average Bonchev–Trinajstić information content (AvgIpc) is 2.38. The molecule has 1 amide bonds. The Kier molecular flexibility index (Phi) is 3.81. The SMILES string of the molecule is COc1ccc(C2CNCCN2C(C)=O)cc1F. The number of rotatable bonds is 2. The zero-order chi connectivity index (χ0) is 13.1. The Labute approximate surface area is 106 Å². The van der Waals surface area contributed by atoms with Crippen molar-refractivity contribution in [2.75, 3.05) is 26.7 Å². The number of hydrogen-bond acceptors (Lipinski definition) is 3. The van der Waals surface area contributed by atoms with Gasteiger partial charge >= 0.3 is 0 Å². The van der Waals surface area contributed by atoms with Crippen molar-refractivity contribution in [3.05, 3.63) is 29.6 Å². The van der Waals surface area contributed by atoms with E-state index in [1.165, 1.54) is 20.1 Å². The fourth-order valence-electron chi connectivity index (χ4n) is 2.27. The van der Waals surface area contributed by atoms with Crippen LogP contribution in [0.4, 0.5) is 4.39 Å². The van der Waals surface area contributed by atoms with Crippen LogP contribution in [0.1, 0.15) is 18.5 Å². The molecule has 1 fully saturated rings. The van der Waals surface area contributed by atoms with Crippen molar-refractivity contribution >= 4 is 5.91 Å². The van der Waals surface area contributed by atoms with Crippen LogP contribution in [0.2, 0.25) is 0 Å². The fraction of sp³-hybridized carbons (Fsp3) is 0.462. The summed E-state index contributed by atoms with van der Waals surface area (Å²) in [6, 6.07) is 4.72. The minimum atomic E-state index is -0.399. The number of amides is 1. The monoisotopic (exact) mass is 252 g/mol. The Bertz CT molecular complexity index is 451. The molecule has 2 rings (SSSR count). The van der Waals surface area contributed by atoms with Gasteiger partial charge in [-0.1, -0.05) is 6.07 Å². The number of nitrogens with one attached hydrogen (secondary N) is 1. The summed E-state index contributed by atoms with van der Waals surface area (Å²) in [5, 5.41) is 3.22. The molecule has 0 aromatic heterocycles. The highest BCUT2D eigenvalue weighted by Gasteiger charge is 2.26. The predicted octanol–water partition coefficient (Wildman–Crippen LogP) is 1.33. The van der Waals surface area contributed by atoms with E-state index in [1.54, 1.807) is 17.0 Å². The van der Waals surface area contributed by atoms with Crippen LogP contribution >= 0.6 is 0 Å². The Hall–Kier alpha value is -1.62. The van der Waals surface area contributed by atoms with E-state index in [4.69, 9.17) is 4.74 Å². The summed E-state index contributed by atoms with van der Waals surface area (Å²) in [4.78, 5) is 13.3. The standard InChI is InChI=1S/C13H17FN2O2/c1-9(17)16-6-5-15-8-12(16)10-3-4-13(18-2)11(14)7-10/h3-4,7,12,15H,5-6,8H2,1-2H3. The lowest BCUT2D eigenvalue weighted by molar-refractivity contribution is -0.132. The minimum absolute atomic E-state index is 0.0118. The van der Waals surface area contributed by atoms with Crippen LogP contribution in [0.5, 0.6) is 5.75 Å². The fourth-order valence-corrected chi connectivity index (χ4v) is 2.27. The molecule has 1 saturated heterocycles. The lowest BCUT2D eigenvalue weighted by Gasteiger charge is -2.36. The third-order valence-electron chi connectivity index (χ3n) is 3.21. The highest BCUT2D eigenvalue weighted by Crippen LogP contribution is 2.26. The van der Waals surface area contributed by atoms with E-state index in [0.29, 0.717) is 13.1 Å². The second kappa shape index (κ2) is 5.35. The highest BCUT2D eigenvalue weighted by molar-refractivity contribution is 5.74. The third-order valence-corrected chi connectivity index (χ3v) is 3.21. The van der Waals surface area contributed by atoms with Crippen LogP contribution in [0.25, 0.3) is 0 Å². The number of methoxy groups -OCH3 is 1. The average molecular weight is 252 g/mol. The normalized spacial score (nSPS) is 19.7. The van der Waals surface area contributed by atoms with E-state index in [0.717, 1.165) is 12.1 Å². The molecule has 1 unspecified atom stereocenters. The molecule has 1 aromatic rings. The number of hydrogen-bond donors (Lipinski definition) is 1. The van der Waals surface area contributed by atoms with E-state index in [-0.39, 0.29) is 17.7 Å². The van der Waals surface area contributed by atoms with E-state index in [9.17, 15) is 9.18 Å². The predicted molar refractivity (Wildman–Crippen MR) is 65.9 cm³/mol. The Balaban J connectivity index is 2.28. The summed E-state index contributed by atoms with van der Waals surface area (Å²) in [7, 11) is 1.43. The number of nitrogens with zero attached hydrogens (tertiary/aromatic N) is 1. The maximum absolute atomic E-state index is 13.7. The molecule has 0 spiro atoms. The van der Waals surface area contributed by atoms with Gasteiger partial charge in [-0.15, -0.1) is 0 Å². The van der Waals surface area contributed by atoms with Crippen LogP contribution in [0.3, 0.4) is 0 Å². The van der Waals surface area contributed by atoms with Crippen molar-refractivity contribution in [2.45, 2.75) is 13.0 Å². The molecule has 1 atom stereocenters. The van der Waals surface area contributed by atoms with Gasteiger partial charge in [0.2, 0.25) is 5.91 Å². The summed E-state index contributed by atoms with van der Waals surface area (Å²) < 4.78 is 18.6. The molecule has 1 aromatic carbocycles. The molecule has 0 radical (unpaired) electrons. The highest BCUT2D eigenvalue weighted by atomic mass is 19.1. The van der Waals surface area contributed by atoms with Gasteiger partial charge in [0.1, 0.15) is 0 Å². The van der Waals surface area contributed by atoms with Gasteiger partial charge in [0, 0.05) is 26.6 Å². The number of carbonyl (C=O) groups excluding carboxylic acids is 1. The molecule has 1 heterocycles. The Morgan fingerprint density at radius 3 is 2.94 bits per heavy atom. The Morgan fingerprint density at radius 2 is 2.33 bits per heavy atom. The molecular formula is C13H17FN2O2. The summed E-state index contributed by atoms with van der Waals surface area (Å²) in [5.74, 6) is -0.168. The van der Waals surface area contributed by atoms with Crippen molar-refractivity contribution in [3.63, 3.8) is 0 Å². The molecule has 0 saturated carbocycles. The van der Waals surface area contributed by atoms with Gasteiger partial charge in [-0.3, -0.25) is 4.79 Å². The zero-order valence-electron chi connectivity index (χ0n) is 10.6. The first-order valence-corrected chi connectivity index (χ1v) is 5.95. The van der Waals surface area contributed by atoms with E-state index >= 15 is 0 Å². The number of carbonyl (C=O) groups is 1. The quantitative estimate of drug-likeness (QED) is 0.863. The summed E-state index contributed by atoms with van der Waals surface area (Å²) in [6.45, 7) is 3.60. The third kappa shape index (κ3) is 2.46. The molecule has 98 valence electrons. The van der Waals surface area contributed by atoms with E-state index < -0.39 is 5.82 Å². The number of piperazine rings is 1. The Morgan fingerprint density at radius 1 is 1.56 bits per heavy atom. The van der Waals surface area contributed by atoms with Crippen molar-refractivity contribution in [1.82, 2.24) is 10.2 Å². The molecule has 5 heteroatoms. The van der Waals surface area contributed by atoms with Crippen LogP contribution in [-0.4, -0.2) is 37.6 Å². The van der Waals surface area contributed by atoms with Crippen molar-refractivity contribution in [2.24, 2.45) is 0 Å². The second-order valence-electron chi connectivity index (χ2n) is 4.33. The van der Waals surface area contributed by atoms with Gasteiger partial charge in [0.25, 0.3) is 0 Å². The van der Waals surface area contributed by atoms with Crippen molar-refractivity contribution in [3.8, 4) is 5.75 Å². The number of halogens is 1. The van der Waals surface area contributed by atoms with Gasteiger partial charge in [-0.2, -0.15) is 0 Å². The number of ether oxygens (including phenoxy) is 1. The van der Waals surface area contributed by atoms with Gasteiger partial charge in [0.05, 0.1) is 13.2 Å². The summed E-state index contributed by atoms with van der Waals surface area (Å²) >= 11 is 0. The summed E-state index contributed by atoms with van der Waals surface area (Å²) in [5.41, 5.74) is 0.788. The maximum atomic E-state index is 13.7. The minimum Gasteiger partial charge on any atom is -0.494 e. The molecule has 18 heavy (non-hydrogen) atoms. The maximum Gasteiger partial charge on any atom is 0.220 e. The lowest BCUT2D eigenvalue weighted by Crippen LogP contribution is -2.47. The van der Waals surface area contributed by atoms with Gasteiger partial charge < -0.3 is 15.0 Å². The van der Waals surface area contributed by atoms with Crippen LogP contribution in [0, 0.1) is 5.82 Å². The second-order valence-corrected chi connectivity index (χ2v) is 4.33. The van der Waals surface area contributed by atoms with Gasteiger partial charge in [-0.25, -0.2) is 4.39 Å². The molecule has 0 aliphatic carbocycles. The zero-order valence-corrected chi connectivity index (χ0v) is 10.6. The topological polar surface area (TPSA) is 41.6 Å². The van der Waals surface area contributed by atoms with Crippen LogP contribution < -0.4 is 10.1 Å². The van der Waals surface area contributed by atoms with E-state index in [1.807, 2.05) is 0 Å². The summed E-state index contributed by atoms with van der Waals surface area (Å²) in [6.07, 6.45) is 0. The molecule has 1 aliphatic heterocycles. The van der Waals surface area contributed by atoms with Crippen molar-refractivity contribution in [1.29, 1.82) is 0 Å². The van der Waals surface area contributed by atoms with Crippen LogP contribution in [0.15, 0.2) is 18.2 Å². The van der Waals surface area contributed by atoms with Gasteiger partial charge in [0.15, 0.2) is 11.6 Å². The molecule has 0 bridgehead atoms. The molecule has 1 N–H and O–H groups in total. The first-order chi connectivity index (χ1) is 8.63. The molecule has 4 nitrogen and oxygen atoms in total. The number of benzene rings is 1.